The molecule has 0 spiro atoms. The van der Waals surface area contributed by atoms with Crippen LogP contribution in [0.1, 0.15) is 53.4 Å². The Labute approximate surface area is 104 Å². The standard InChI is InChI=1S/C13H26N2O2/c1-10(8-9-14-11-6-5-7-11)15-12(16)17-13(2,3)4/h10-11,14H,5-9H2,1-4H3,(H,15,16). The minimum absolute atomic E-state index is 0.150. The molecule has 0 aromatic carbocycles. The average molecular weight is 242 g/mol. The zero-order valence-corrected chi connectivity index (χ0v) is 11.5. The summed E-state index contributed by atoms with van der Waals surface area (Å²) < 4.78 is 5.20. The number of alkyl carbamates (subject to hydrolysis) is 1. The highest BCUT2D eigenvalue weighted by Crippen LogP contribution is 2.17. The van der Waals surface area contributed by atoms with Crippen LogP contribution in [-0.4, -0.2) is 30.3 Å². The first kappa shape index (κ1) is 14.3. The molecule has 0 heterocycles. The Morgan fingerprint density at radius 3 is 2.53 bits per heavy atom. The normalized spacial score (nSPS) is 18.4. The van der Waals surface area contributed by atoms with Crippen molar-refractivity contribution in [1.82, 2.24) is 10.6 Å². The molecule has 0 radical (unpaired) electrons. The summed E-state index contributed by atoms with van der Waals surface area (Å²) in [7, 11) is 0. The topological polar surface area (TPSA) is 50.4 Å². The van der Waals surface area contributed by atoms with Gasteiger partial charge >= 0.3 is 6.09 Å². The van der Waals surface area contributed by atoms with Crippen molar-refractivity contribution in [2.24, 2.45) is 0 Å². The van der Waals surface area contributed by atoms with Crippen molar-refractivity contribution >= 4 is 6.09 Å². The molecule has 1 saturated carbocycles. The van der Waals surface area contributed by atoms with Gasteiger partial charge < -0.3 is 15.4 Å². The van der Waals surface area contributed by atoms with Gasteiger partial charge in [-0.1, -0.05) is 6.42 Å². The van der Waals surface area contributed by atoms with E-state index in [0.717, 1.165) is 13.0 Å². The van der Waals surface area contributed by atoms with Crippen molar-refractivity contribution in [2.75, 3.05) is 6.54 Å². The molecule has 1 aliphatic rings. The van der Waals surface area contributed by atoms with E-state index in [9.17, 15) is 4.79 Å². The molecule has 0 bridgehead atoms. The summed E-state index contributed by atoms with van der Waals surface area (Å²) in [6, 6.07) is 0.862. The zero-order valence-electron chi connectivity index (χ0n) is 11.5. The van der Waals surface area contributed by atoms with Gasteiger partial charge in [0, 0.05) is 12.1 Å². The summed E-state index contributed by atoms with van der Waals surface area (Å²) in [5.41, 5.74) is -0.423. The SMILES string of the molecule is CC(CCNC1CCC1)NC(=O)OC(C)(C)C. The van der Waals surface area contributed by atoms with Gasteiger partial charge in [-0.3, -0.25) is 0 Å². The maximum Gasteiger partial charge on any atom is 0.407 e. The maximum absolute atomic E-state index is 11.5. The van der Waals surface area contributed by atoms with Crippen LogP contribution >= 0.6 is 0 Å². The van der Waals surface area contributed by atoms with E-state index >= 15 is 0 Å². The van der Waals surface area contributed by atoms with E-state index in [4.69, 9.17) is 4.74 Å². The third-order valence-corrected chi connectivity index (χ3v) is 2.88. The number of hydrogen-bond acceptors (Lipinski definition) is 3. The number of rotatable bonds is 5. The molecule has 17 heavy (non-hydrogen) atoms. The molecule has 0 aromatic rings. The summed E-state index contributed by atoms with van der Waals surface area (Å²) in [6.45, 7) is 8.58. The zero-order chi connectivity index (χ0) is 12.9. The van der Waals surface area contributed by atoms with E-state index in [1.54, 1.807) is 0 Å². The highest BCUT2D eigenvalue weighted by Gasteiger charge is 2.18. The third-order valence-electron chi connectivity index (χ3n) is 2.88. The average Bonchev–Trinajstić information content (AvgIpc) is 2.05. The molecule has 1 rings (SSSR count). The number of carbonyl (C=O) groups excluding carboxylic acids is 1. The first-order chi connectivity index (χ1) is 7.87. The quantitative estimate of drug-likeness (QED) is 0.778. The Bertz CT molecular complexity index is 244. The summed E-state index contributed by atoms with van der Waals surface area (Å²) in [6.07, 6.45) is 4.56. The number of nitrogens with one attached hydrogen (secondary N) is 2. The molecule has 1 atom stereocenters. The Balaban J connectivity index is 2.06. The first-order valence-electron chi connectivity index (χ1n) is 6.60. The molecular formula is C13H26N2O2. The largest absolute Gasteiger partial charge is 0.444 e. The van der Waals surface area contributed by atoms with Crippen LogP contribution in [0, 0.1) is 0 Å². The summed E-state index contributed by atoms with van der Waals surface area (Å²) in [5.74, 6) is 0. The fourth-order valence-electron chi connectivity index (χ4n) is 1.70. The van der Waals surface area contributed by atoms with E-state index in [1.165, 1.54) is 19.3 Å². The van der Waals surface area contributed by atoms with Crippen LogP contribution < -0.4 is 10.6 Å². The summed E-state index contributed by atoms with van der Waals surface area (Å²) in [4.78, 5) is 11.5. The number of carbonyl (C=O) groups is 1. The van der Waals surface area contributed by atoms with Crippen molar-refractivity contribution in [3.05, 3.63) is 0 Å². The highest BCUT2D eigenvalue weighted by molar-refractivity contribution is 5.67. The van der Waals surface area contributed by atoms with E-state index in [2.05, 4.69) is 10.6 Å². The second kappa shape index (κ2) is 6.24. The Morgan fingerprint density at radius 2 is 2.06 bits per heavy atom. The maximum atomic E-state index is 11.5. The molecule has 0 saturated heterocycles. The van der Waals surface area contributed by atoms with E-state index in [0.29, 0.717) is 6.04 Å². The fraction of sp³-hybridized carbons (Fsp3) is 0.923. The lowest BCUT2D eigenvalue weighted by Gasteiger charge is -2.27. The first-order valence-corrected chi connectivity index (χ1v) is 6.60. The molecule has 4 heteroatoms. The Kier molecular flexibility index (Phi) is 5.25. The van der Waals surface area contributed by atoms with Gasteiger partial charge in [0.2, 0.25) is 0 Å². The van der Waals surface area contributed by atoms with Gasteiger partial charge in [-0.05, 0) is 53.5 Å². The van der Waals surface area contributed by atoms with Crippen LogP contribution in [0.4, 0.5) is 4.79 Å². The van der Waals surface area contributed by atoms with Gasteiger partial charge in [0.25, 0.3) is 0 Å². The smallest absolute Gasteiger partial charge is 0.407 e. The van der Waals surface area contributed by atoms with Crippen LogP contribution in [0.3, 0.4) is 0 Å². The monoisotopic (exact) mass is 242 g/mol. The highest BCUT2D eigenvalue weighted by atomic mass is 16.6. The van der Waals surface area contributed by atoms with Gasteiger partial charge in [-0.2, -0.15) is 0 Å². The predicted octanol–water partition coefficient (Wildman–Crippen LogP) is 2.43. The van der Waals surface area contributed by atoms with E-state index < -0.39 is 5.60 Å². The van der Waals surface area contributed by atoms with Crippen LogP contribution in [0.25, 0.3) is 0 Å². The van der Waals surface area contributed by atoms with E-state index in [1.807, 2.05) is 27.7 Å². The minimum atomic E-state index is -0.423. The Hall–Kier alpha value is -0.770. The van der Waals surface area contributed by atoms with Crippen LogP contribution in [-0.2, 0) is 4.74 Å². The summed E-state index contributed by atoms with van der Waals surface area (Å²) in [5, 5.41) is 6.32. The minimum Gasteiger partial charge on any atom is -0.444 e. The van der Waals surface area contributed by atoms with Gasteiger partial charge in [0.1, 0.15) is 5.60 Å². The van der Waals surface area contributed by atoms with Gasteiger partial charge in [0.05, 0.1) is 0 Å². The number of hydrogen-bond donors (Lipinski definition) is 2. The van der Waals surface area contributed by atoms with Gasteiger partial charge in [-0.15, -0.1) is 0 Å². The predicted molar refractivity (Wildman–Crippen MR) is 69.1 cm³/mol. The molecule has 0 aromatic heterocycles. The van der Waals surface area contributed by atoms with Crippen LogP contribution in [0.2, 0.25) is 0 Å². The lowest BCUT2D eigenvalue weighted by molar-refractivity contribution is 0.0506. The molecule has 1 unspecified atom stereocenters. The van der Waals surface area contributed by atoms with Crippen LogP contribution in [0.15, 0.2) is 0 Å². The molecule has 0 aliphatic heterocycles. The molecule has 4 nitrogen and oxygen atoms in total. The Morgan fingerprint density at radius 1 is 1.41 bits per heavy atom. The van der Waals surface area contributed by atoms with E-state index in [-0.39, 0.29) is 12.1 Å². The molecule has 2 N–H and O–H groups in total. The van der Waals surface area contributed by atoms with Crippen molar-refractivity contribution in [3.63, 3.8) is 0 Å². The molecule has 1 amide bonds. The van der Waals surface area contributed by atoms with Crippen molar-refractivity contribution < 1.29 is 9.53 Å². The lowest BCUT2D eigenvalue weighted by atomic mass is 9.93. The summed E-state index contributed by atoms with van der Waals surface area (Å²) >= 11 is 0. The van der Waals surface area contributed by atoms with Crippen molar-refractivity contribution in [1.29, 1.82) is 0 Å². The van der Waals surface area contributed by atoms with Gasteiger partial charge in [0.15, 0.2) is 0 Å². The molecule has 1 aliphatic carbocycles. The number of amides is 1. The van der Waals surface area contributed by atoms with Crippen molar-refractivity contribution in [3.8, 4) is 0 Å². The second-order valence-electron chi connectivity index (χ2n) is 5.92. The molecule has 100 valence electrons. The second-order valence-corrected chi connectivity index (χ2v) is 5.92. The molecule has 1 fully saturated rings. The van der Waals surface area contributed by atoms with Gasteiger partial charge in [-0.25, -0.2) is 4.79 Å². The van der Waals surface area contributed by atoms with Crippen molar-refractivity contribution in [2.45, 2.75) is 71.1 Å². The fourth-order valence-corrected chi connectivity index (χ4v) is 1.70. The third kappa shape index (κ3) is 6.51. The lowest BCUT2D eigenvalue weighted by Crippen LogP contribution is -2.41. The number of ether oxygens (including phenoxy) is 1. The molecular weight excluding hydrogens is 216 g/mol. The van der Waals surface area contributed by atoms with Crippen LogP contribution in [0.5, 0.6) is 0 Å².